The normalized spacial score (nSPS) is 25.9. The molecule has 1 saturated heterocycles. The van der Waals surface area contributed by atoms with E-state index in [-0.39, 0.29) is 12.5 Å². The fraction of sp³-hybridized carbons (Fsp3) is 0.750. The summed E-state index contributed by atoms with van der Waals surface area (Å²) in [7, 11) is 0. The van der Waals surface area contributed by atoms with Gasteiger partial charge in [0.05, 0.1) is 30.5 Å². The number of aliphatic hydroxyl groups excluding tert-OH is 3. The molecule has 0 aliphatic carbocycles. The van der Waals surface area contributed by atoms with Gasteiger partial charge in [0.1, 0.15) is 0 Å². The SMILES string of the molecule is CCCCC/C=C\CC1OC(C(O)/C=C/C(O)CCCC(=O)O)CC1O. The molecule has 0 bridgehead atoms. The minimum Gasteiger partial charge on any atom is -0.481 e. The van der Waals surface area contributed by atoms with Gasteiger partial charge >= 0.3 is 5.97 Å². The Morgan fingerprint density at radius 3 is 2.65 bits per heavy atom. The van der Waals surface area contributed by atoms with Crippen molar-refractivity contribution >= 4 is 5.97 Å². The summed E-state index contributed by atoms with van der Waals surface area (Å²) in [5.74, 6) is -0.889. The Morgan fingerprint density at radius 2 is 1.96 bits per heavy atom. The van der Waals surface area contributed by atoms with Crippen molar-refractivity contribution < 1.29 is 30.0 Å². The van der Waals surface area contributed by atoms with Crippen molar-refractivity contribution in [2.24, 2.45) is 0 Å². The van der Waals surface area contributed by atoms with E-state index in [9.17, 15) is 20.1 Å². The van der Waals surface area contributed by atoms with Crippen molar-refractivity contribution in [3.63, 3.8) is 0 Å². The lowest BCUT2D eigenvalue weighted by Gasteiger charge is -2.16. The maximum atomic E-state index is 10.4. The van der Waals surface area contributed by atoms with Crippen LogP contribution in [0, 0.1) is 0 Å². The second kappa shape index (κ2) is 13.0. The molecular weight excluding hydrogens is 336 g/mol. The molecule has 6 nitrogen and oxygen atoms in total. The van der Waals surface area contributed by atoms with E-state index in [1.807, 2.05) is 6.08 Å². The van der Waals surface area contributed by atoms with Crippen molar-refractivity contribution in [2.45, 2.75) is 95.2 Å². The molecular formula is C20H34O6. The molecule has 1 rings (SSSR count). The molecule has 26 heavy (non-hydrogen) atoms. The maximum Gasteiger partial charge on any atom is 0.303 e. The predicted octanol–water partition coefficient (Wildman–Crippen LogP) is 2.56. The molecule has 0 aromatic rings. The number of ether oxygens (including phenoxy) is 1. The second-order valence-electron chi connectivity index (χ2n) is 6.95. The van der Waals surface area contributed by atoms with Gasteiger partial charge in [-0.05, 0) is 32.1 Å². The number of aliphatic carboxylic acids is 1. The predicted molar refractivity (Wildman–Crippen MR) is 99.8 cm³/mol. The number of carboxylic acid groups (broad SMARTS) is 1. The van der Waals surface area contributed by atoms with Gasteiger partial charge in [-0.2, -0.15) is 0 Å². The highest BCUT2D eigenvalue weighted by molar-refractivity contribution is 5.66. The Morgan fingerprint density at radius 1 is 1.19 bits per heavy atom. The minimum absolute atomic E-state index is 0.0129. The highest BCUT2D eigenvalue weighted by atomic mass is 16.5. The van der Waals surface area contributed by atoms with Crippen LogP contribution in [0.15, 0.2) is 24.3 Å². The van der Waals surface area contributed by atoms with Crippen molar-refractivity contribution in [1.82, 2.24) is 0 Å². The van der Waals surface area contributed by atoms with Gasteiger partial charge in [-0.25, -0.2) is 0 Å². The van der Waals surface area contributed by atoms with Gasteiger partial charge in [-0.1, -0.05) is 44.1 Å². The van der Waals surface area contributed by atoms with Crippen LogP contribution in [0.4, 0.5) is 0 Å². The van der Waals surface area contributed by atoms with Gasteiger partial charge in [0.15, 0.2) is 0 Å². The quantitative estimate of drug-likeness (QED) is 0.293. The first-order valence-electron chi connectivity index (χ1n) is 9.68. The molecule has 4 N–H and O–H groups in total. The van der Waals surface area contributed by atoms with Crippen LogP contribution in [0.2, 0.25) is 0 Å². The largest absolute Gasteiger partial charge is 0.481 e. The zero-order valence-electron chi connectivity index (χ0n) is 15.7. The number of rotatable bonds is 13. The van der Waals surface area contributed by atoms with Crippen LogP contribution in [0.3, 0.4) is 0 Å². The van der Waals surface area contributed by atoms with E-state index in [1.165, 1.54) is 31.4 Å². The first-order chi connectivity index (χ1) is 12.4. The fourth-order valence-electron chi connectivity index (χ4n) is 2.98. The average molecular weight is 370 g/mol. The van der Waals surface area contributed by atoms with Crippen LogP contribution in [0.25, 0.3) is 0 Å². The topological polar surface area (TPSA) is 107 Å². The first-order valence-corrected chi connectivity index (χ1v) is 9.68. The molecule has 0 aromatic heterocycles. The van der Waals surface area contributed by atoms with Crippen molar-refractivity contribution in [3.8, 4) is 0 Å². The summed E-state index contributed by atoms with van der Waals surface area (Å²) < 4.78 is 5.75. The van der Waals surface area contributed by atoms with E-state index in [2.05, 4.69) is 13.0 Å². The molecule has 1 aliphatic heterocycles. The first kappa shape index (κ1) is 22.8. The number of carboxylic acids is 1. The summed E-state index contributed by atoms with van der Waals surface area (Å²) in [6, 6.07) is 0. The minimum atomic E-state index is -0.905. The summed E-state index contributed by atoms with van der Waals surface area (Å²) in [5, 5.41) is 38.6. The van der Waals surface area contributed by atoms with Crippen LogP contribution in [-0.4, -0.2) is 56.9 Å². The molecule has 0 amide bonds. The van der Waals surface area contributed by atoms with Crippen LogP contribution < -0.4 is 0 Å². The number of carbonyl (C=O) groups is 1. The van der Waals surface area contributed by atoms with E-state index in [1.54, 1.807) is 0 Å². The Hall–Kier alpha value is -1.21. The van der Waals surface area contributed by atoms with E-state index in [0.717, 1.165) is 6.42 Å². The summed E-state index contributed by atoms with van der Waals surface area (Å²) in [4.78, 5) is 10.4. The summed E-state index contributed by atoms with van der Waals surface area (Å²) in [6.07, 6.45) is 10.3. The average Bonchev–Trinajstić information content (AvgIpc) is 2.96. The van der Waals surface area contributed by atoms with E-state index >= 15 is 0 Å². The number of unbranched alkanes of at least 4 members (excludes halogenated alkanes) is 3. The van der Waals surface area contributed by atoms with Gasteiger partial charge in [0, 0.05) is 12.8 Å². The zero-order chi connectivity index (χ0) is 19.4. The summed E-state index contributed by atoms with van der Waals surface area (Å²) in [5.41, 5.74) is 0. The molecule has 1 fully saturated rings. The number of hydrogen-bond donors (Lipinski definition) is 4. The third-order valence-electron chi connectivity index (χ3n) is 4.56. The molecule has 1 aliphatic rings. The van der Waals surface area contributed by atoms with Gasteiger partial charge in [0.2, 0.25) is 0 Å². The van der Waals surface area contributed by atoms with Crippen LogP contribution >= 0.6 is 0 Å². The maximum absolute atomic E-state index is 10.4. The third-order valence-corrected chi connectivity index (χ3v) is 4.56. The van der Waals surface area contributed by atoms with E-state index in [4.69, 9.17) is 9.84 Å². The number of hydrogen-bond acceptors (Lipinski definition) is 5. The Balaban J connectivity index is 2.31. The van der Waals surface area contributed by atoms with Gasteiger partial charge in [-0.15, -0.1) is 0 Å². The lowest BCUT2D eigenvalue weighted by Crippen LogP contribution is -2.24. The standard InChI is InChI=1S/C20H34O6/c1-2-3-4-5-6-7-10-18-17(23)14-19(26-18)16(22)13-12-15(21)9-8-11-20(24)25/h6-7,12-13,15-19,21-23H,2-5,8-11,14H2,1H3,(H,24,25)/b7-6-,13-12+. The van der Waals surface area contributed by atoms with Crippen molar-refractivity contribution in [1.29, 1.82) is 0 Å². The van der Waals surface area contributed by atoms with Gasteiger partial charge in [0.25, 0.3) is 0 Å². The molecule has 0 spiro atoms. The lowest BCUT2D eigenvalue weighted by molar-refractivity contribution is -0.137. The Labute approximate surface area is 156 Å². The Kier molecular flexibility index (Phi) is 11.4. The molecule has 0 saturated carbocycles. The molecule has 0 radical (unpaired) electrons. The van der Waals surface area contributed by atoms with Crippen LogP contribution in [0.5, 0.6) is 0 Å². The zero-order valence-corrected chi connectivity index (χ0v) is 15.7. The number of aliphatic hydroxyl groups is 3. The number of allylic oxidation sites excluding steroid dienone is 1. The highest BCUT2D eigenvalue weighted by Gasteiger charge is 2.36. The van der Waals surface area contributed by atoms with Gasteiger partial charge in [-0.3, -0.25) is 4.79 Å². The van der Waals surface area contributed by atoms with Crippen molar-refractivity contribution in [3.05, 3.63) is 24.3 Å². The molecule has 5 atom stereocenters. The molecule has 150 valence electrons. The lowest BCUT2D eigenvalue weighted by atomic mass is 10.0. The van der Waals surface area contributed by atoms with Crippen LogP contribution in [0.1, 0.15) is 64.7 Å². The third kappa shape index (κ3) is 9.48. The van der Waals surface area contributed by atoms with Crippen molar-refractivity contribution in [2.75, 3.05) is 0 Å². The smallest absolute Gasteiger partial charge is 0.303 e. The second-order valence-corrected chi connectivity index (χ2v) is 6.95. The molecule has 6 heteroatoms. The van der Waals surface area contributed by atoms with E-state index in [0.29, 0.717) is 25.7 Å². The van der Waals surface area contributed by atoms with Crippen LogP contribution in [-0.2, 0) is 9.53 Å². The fourth-order valence-corrected chi connectivity index (χ4v) is 2.98. The van der Waals surface area contributed by atoms with E-state index < -0.39 is 30.4 Å². The summed E-state index contributed by atoms with van der Waals surface area (Å²) >= 11 is 0. The van der Waals surface area contributed by atoms with Gasteiger partial charge < -0.3 is 25.2 Å². The molecule has 1 heterocycles. The molecule has 5 unspecified atom stereocenters. The monoisotopic (exact) mass is 370 g/mol. The molecule has 0 aromatic carbocycles. The highest BCUT2D eigenvalue weighted by Crippen LogP contribution is 2.26. The Bertz CT molecular complexity index is 448. The summed E-state index contributed by atoms with van der Waals surface area (Å²) in [6.45, 7) is 2.17.